The molecule has 0 aromatic carbocycles. The molecule has 1 aliphatic rings. The SMILES string of the molecule is Brn1ccc2c1N=CCN2. The third-order valence-electron chi connectivity index (χ3n) is 1.41. The predicted octanol–water partition coefficient (Wildman–Crippen LogP) is 1.77. The zero-order valence-corrected chi connectivity index (χ0v) is 6.80. The van der Waals surface area contributed by atoms with Crippen molar-refractivity contribution in [3.8, 4) is 0 Å². The molecule has 1 aliphatic heterocycles. The van der Waals surface area contributed by atoms with Crippen LogP contribution in [0.5, 0.6) is 0 Å². The summed E-state index contributed by atoms with van der Waals surface area (Å²) in [4.78, 5) is 4.18. The van der Waals surface area contributed by atoms with E-state index in [1.165, 1.54) is 0 Å². The van der Waals surface area contributed by atoms with E-state index in [1.807, 2.05) is 22.1 Å². The van der Waals surface area contributed by atoms with Crippen molar-refractivity contribution in [2.24, 2.45) is 4.99 Å². The lowest BCUT2D eigenvalue weighted by molar-refractivity contribution is 1.24. The van der Waals surface area contributed by atoms with Gasteiger partial charge in [0.05, 0.1) is 28.4 Å². The van der Waals surface area contributed by atoms with Crippen LogP contribution in [-0.2, 0) is 0 Å². The molecule has 0 spiro atoms. The molecule has 0 fully saturated rings. The van der Waals surface area contributed by atoms with Crippen LogP contribution in [0.3, 0.4) is 0 Å². The first-order chi connectivity index (χ1) is 4.88. The molecule has 0 aliphatic carbocycles. The summed E-state index contributed by atoms with van der Waals surface area (Å²) >= 11 is 3.31. The molecular weight excluding hydrogens is 194 g/mol. The topological polar surface area (TPSA) is 29.3 Å². The van der Waals surface area contributed by atoms with Gasteiger partial charge in [-0.25, -0.2) is 4.99 Å². The predicted molar refractivity (Wildman–Crippen MR) is 45.4 cm³/mol. The summed E-state index contributed by atoms with van der Waals surface area (Å²) < 4.78 is 1.81. The van der Waals surface area contributed by atoms with E-state index >= 15 is 0 Å². The van der Waals surface area contributed by atoms with Gasteiger partial charge < -0.3 is 5.32 Å². The van der Waals surface area contributed by atoms with Crippen LogP contribution in [0, 0.1) is 0 Å². The van der Waals surface area contributed by atoms with Crippen molar-refractivity contribution in [3.63, 3.8) is 0 Å². The Morgan fingerprint density at radius 1 is 1.70 bits per heavy atom. The maximum Gasteiger partial charge on any atom is 0.166 e. The summed E-state index contributed by atoms with van der Waals surface area (Å²) in [6.45, 7) is 0.823. The average Bonchev–Trinajstić information content (AvgIpc) is 2.34. The maximum atomic E-state index is 4.18. The average molecular weight is 200 g/mol. The van der Waals surface area contributed by atoms with Crippen molar-refractivity contribution in [1.29, 1.82) is 0 Å². The van der Waals surface area contributed by atoms with E-state index in [9.17, 15) is 0 Å². The van der Waals surface area contributed by atoms with Crippen molar-refractivity contribution in [2.75, 3.05) is 11.9 Å². The van der Waals surface area contributed by atoms with Crippen LogP contribution in [0.15, 0.2) is 17.3 Å². The van der Waals surface area contributed by atoms with Crippen molar-refractivity contribution in [2.45, 2.75) is 0 Å². The minimum Gasteiger partial charge on any atom is -0.377 e. The number of hydrogen-bond acceptors (Lipinski definition) is 2. The molecule has 0 bridgehead atoms. The number of aliphatic imine (C=N–C) groups is 1. The highest BCUT2D eigenvalue weighted by Gasteiger charge is 2.07. The van der Waals surface area contributed by atoms with Gasteiger partial charge in [-0.2, -0.15) is 0 Å². The van der Waals surface area contributed by atoms with Crippen LogP contribution in [-0.4, -0.2) is 16.4 Å². The van der Waals surface area contributed by atoms with Crippen molar-refractivity contribution in [1.82, 2.24) is 3.59 Å². The van der Waals surface area contributed by atoms with E-state index in [1.54, 1.807) is 0 Å². The summed E-state index contributed by atoms with van der Waals surface area (Å²) in [5.74, 6) is 0.936. The molecule has 3 nitrogen and oxygen atoms in total. The summed E-state index contributed by atoms with van der Waals surface area (Å²) in [7, 11) is 0. The Kier molecular flexibility index (Phi) is 1.27. The minimum atomic E-state index is 0.823. The summed E-state index contributed by atoms with van der Waals surface area (Å²) in [5.41, 5.74) is 1.08. The molecule has 1 aromatic rings. The van der Waals surface area contributed by atoms with Gasteiger partial charge in [0.25, 0.3) is 0 Å². The van der Waals surface area contributed by atoms with E-state index in [2.05, 4.69) is 26.5 Å². The molecule has 4 heteroatoms. The molecule has 52 valence electrons. The normalized spacial score (nSPS) is 14.5. The molecule has 0 atom stereocenters. The molecule has 2 heterocycles. The minimum absolute atomic E-state index is 0.823. The van der Waals surface area contributed by atoms with Gasteiger partial charge in [-0.05, 0) is 6.07 Å². The van der Waals surface area contributed by atoms with E-state index in [0.717, 1.165) is 18.1 Å². The molecule has 0 radical (unpaired) electrons. The lowest BCUT2D eigenvalue weighted by Gasteiger charge is -2.06. The van der Waals surface area contributed by atoms with E-state index in [-0.39, 0.29) is 0 Å². The number of nitrogens with one attached hydrogen (secondary N) is 1. The van der Waals surface area contributed by atoms with Gasteiger partial charge in [0, 0.05) is 12.4 Å². The second kappa shape index (κ2) is 2.12. The van der Waals surface area contributed by atoms with Crippen LogP contribution in [0.25, 0.3) is 0 Å². The highest BCUT2D eigenvalue weighted by Crippen LogP contribution is 2.29. The first kappa shape index (κ1) is 5.97. The largest absolute Gasteiger partial charge is 0.377 e. The van der Waals surface area contributed by atoms with E-state index in [0.29, 0.717) is 0 Å². The van der Waals surface area contributed by atoms with Crippen LogP contribution in [0.4, 0.5) is 11.5 Å². The Bertz CT molecular complexity index is 277. The number of fused-ring (bicyclic) bond motifs is 1. The number of rotatable bonds is 0. The molecule has 1 N–H and O–H groups in total. The van der Waals surface area contributed by atoms with Gasteiger partial charge in [0.15, 0.2) is 5.82 Å². The quantitative estimate of drug-likeness (QED) is 0.679. The molecular formula is C6H6BrN3. The van der Waals surface area contributed by atoms with Gasteiger partial charge in [0.1, 0.15) is 0 Å². The smallest absolute Gasteiger partial charge is 0.166 e. The summed E-state index contributed by atoms with van der Waals surface area (Å²) in [6.07, 6.45) is 3.76. The fourth-order valence-electron chi connectivity index (χ4n) is 0.951. The zero-order chi connectivity index (χ0) is 6.97. The zero-order valence-electron chi connectivity index (χ0n) is 5.21. The number of anilines is 1. The number of aromatic nitrogens is 1. The Morgan fingerprint density at radius 2 is 2.60 bits per heavy atom. The van der Waals surface area contributed by atoms with Crippen LogP contribution in [0.2, 0.25) is 0 Å². The molecule has 1 aromatic heterocycles. The van der Waals surface area contributed by atoms with E-state index < -0.39 is 0 Å². The van der Waals surface area contributed by atoms with E-state index in [4.69, 9.17) is 0 Å². The molecule has 0 saturated heterocycles. The first-order valence-corrected chi connectivity index (χ1v) is 3.73. The van der Waals surface area contributed by atoms with Gasteiger partial charge in [-0.15, -0.1) is 0 Å². The third kappa shape index (κ3) is 0.759. The molecule has 2 rings (SSSR count). The lowest BCUT2D eigenvalue weighted by atomic mass is 10.4. The molecule has 0 unspecified atom stereocenters. The number of hydrogen-bond donors (Lipinski definition) is 1. The second-order valence-electron chi connectivity index (χ2n) is 2.06. The Hall–Kier alpha value is -0.770. The fourth-order valence-corrected chi connectivity index (χ4v) is 1.35. The van der Waals surface area contributed by atoms with Gasteiger partial charge in [-0.1, -0.05) is 0 Å². The number of nitrogens with zero attached hydrogens (tertiary/aromatic N) is 2. The summed E-state index contributed by atoms with van der Waals surface area (Å²) in [6, 6.07) is 1.99. The number of halogens is 1. The summed E-state index contributed by atoms with van der Waals surface area (Å²) in [5, 5.41) is 3.18. The first-order valence-electron chi connectivity index (χ1n) is 3.02. The van der Waals surface area contributed by atoms with Gasteiger partial charge in [0.2, 0.25) is 0 Å². The maximum absolute atomic E-state index is 4.18. The third-order valence-corrected chi connectivity index (χ3v) is 1.99. The van der Waals surface area contributed by atoms with Crippen LogP contribution >= 0.6 is 16.1 Å². The molecule has 0 saturated carbocycles. The Morgan fingerprint density at radius 3 is 3.40 bits per heavy atom. The molecule has 10 heavy (non-hydrogen) atoms. The van der Waals surface area contributed by atoms with Crippen molar-refractivity contribution in [3.05, 3.63) is 12.3 Å². The van der Waals surface area contributed by atoms with Crippen molar-refractivity contribution >= 4 is 33.9 Å². The van der Waals surface area contributed by atoms with Gasteiger partial charge in [-0.3, -0.25) is 3.59 Å². The monoisotopic (exact) mass is 199 g/mol. The fraction of sp³-hybridized carbons (Fsp3) is 0.167. The lowest BCUT2D eigenvalue weighted by Crippen LogP contribution is -2.05. The Balaban J connectivity index is 2.57. The Labute approximate surface area is 67.1 Å². The van der Waals surface area contributed by atoms with Crippen LogP contribution in [0.1, 0.15) is 0 Å². The van der Waals surface area contributed by atoms with Crippen molar-refractivity contribution < 1.29 is 0 Å². The van der Waals surface area contributed by atoms with Gasteiger partial charge >= 0.3 is 0 Å². The molecule has 0 amide bonds. The second-order valence-corrected chi connectivity index (χ2v) is 2.82. The highest BCUT2D eigenvalue weighted by molar-refractivity contribution is 9.08. The van der Waals surface area contributed by atoms with Crippen LogP contribution < -0.4 is 5.32 Å². The highest BCUT2D eigenvalue weighted by atomic mass is 79.9. The standard InChI is InChI=1S/C6H6BrN3/c7-10-4-1-5-6(10)9-3-2-8-5/h1,3-4,8H,2H2.